The number of hydrogen-bond donors (Lipinski definition) is 3. The summed E-state index contributed by atoms with van der Waals surface area (Å²) in [6.45, 7) is 0.979. The van der Waals surface area contributed by atoms with E-state index in [-0.39, 0.29) is 24.4 Å². The SMILES string of the molecule is N#C[C@@H]1CCCN1C(=O)[C@H](CCCN=C(N)N)NC(=O)OCC1c2ccccc2-c2ccccc21. The second-order valence-electron chi connectivity index (χ2n) is 8.79. The first-order valence-electron chi connectivity index (χ1n) is 11.9. The van der Waals surface area contributed by atoms with Gasteiger partial charge in [0.1, 0.15) is 18.7 Å². The van der Waals surface area contributed by atoms with Gasteiger partial charge >= 0.3 is 6.09 Å². The van der Waals surface area contributed by atoms with Crippen molar-refractivity contribution in [3.63, 3.8) is 0 Å². The third kappa shape index (κ3) is 5.38. The van der Waals surface area contributed by atoms with E-state index in [1.165, 1.54) is 4.90 Å². The minimum Gasteiger partial charge on any atom is -0.449 e. The van der Waals surface area contributed by atoms with Crippen molar-refractivity contribution in [2.45, 2.75) is 43.7 Å². The van der Waals surface area contributed by atoms with E-state index in [0.717, 1.165) is 28.7 Å². The van der Waals surface area contributed by atoms with E-state index in [0.29, 0.717) is 32.4 Å². The number of nitrogens with two attached hydrogens (primary N) is 2. The van der Waals surface area contributed by atoms with Crippen molar-refractivity contribution in [2.75, 3.05) is 19.7 Å². The first-order valence-corrected chi connectivity index (χ1v) is 11.9. The molecule has 2 aromatic rings. The van der Waals surface area contributed by atoms with Crippen molar-refractivity contribution in [1.82, 2.24) is 10.2 Å². The molecule has 1 fully saturated rings. The molecular formula is C26H30N6O3. The fourth-order valence-corrected chi connectivity index (χ4v) is 4.91. The van der Waals surface area contributed by atoms with Gasteiger partial charge in [-0.15, -0.1) is 0 Å². The average molecular weight is 475 g/mol. The Labute approximate surface area is 204 Å². The fourth-order valence-electron chi connectivity index (χ4n) is 4.91. The van der Waals surface area contributed by atoms with Crippen molar-refractivity contribution < 1.29 is 14.3 Å². The maximum Gasteiger partial charge on any atom is 0.407 e. The van der Waals surface area contributed by atoms with Crippen LogP contribution in [-0.2, 0) is 9.53 Å². The first kappa shape index (κ1) is 24.1. The highest BCUT2D eigenvalue weighted by molar-refractivity contribution is 5.86. The second kappa shape index (κ2) is 10.9. The second-order valence-corrected chi connectivity index (χ2v) is 8.79. The van der Waals surface area contributed by atoms with Gasteiger partial charge in [0.15, 0.2) is 5.96 Å². The lowest BCUT2D eigenvalue weighted by Crippen LogP contribution is -2.50. The molecule has 0 radical (unpaired) electrons. The summed E-state index contributed by atoms with van der Waals surface area (Å²) in [6.07, 6.45) is 1.54. The van der Waals surface area contributed by atoms with Gasteiger partial charge in [-0.05, 0) is 47.9 Å². The molecule has 182 valence electrons. The Morgan fingerprint density at radius 3 is 2.43 bits per heavy atom. The fraction of sp³-hybridized carbons (Fsp3) is 0.385. The van der Waals surface area contributed by atoms with Crippen molar-refractivity contribution in [1.29, 1.82) is 5.26 Å². The molecule has 0 spiro atoms. The van der Waals surface area contributed by atoms with Gasteiger partial charge in [0, 0.05) is 19.0 Å². The standard InChI is InChI=1S/C26H30N6O3/c27-15-17-7-6-14-32(17)24(33)23(12-5-13-30-25(28)29)31-26(34)35-16-22-20-10-3-1-8-18(20)19-9-2-4-11-21(19)22/h1-4,8-11,17,22-23H,5-7,12-14,16H2,(H,31,34)(H4,28,29,30)/t17-,23-/m0/s1. The van der Waals surface area contributed by atoms with E-state index in [1.807, 2.05) is 36.4 Å². The highest BCUT2D eigenvalue weighted by atomic mass is 16.5. The van der Waals surface area contributed by atoms with Crippen molar-refractivity contribution in [3.8, 4) is 17.2 Å². The minimum atomic E-state index is -0.825. The number of nitrogens with zero attached hydrogens (tertiary/aromatic N) is 3. The summed E-state index contributed by atoms with van der Waals surface area (Å²) >= 11 is 0. The van der Waals surface area contributed by atoms with E-state index in [9.17, 15) is 14.9 Å². The van der Waals surface area contributed by atoms with Crippen LogP contribution in [0.25, 0.3) is 11.1 Å². The number of carbonyl (C=O) groups excluding carboxylic acids is 2. The van der Waals surface area contributed by atoms with Crippen molar-refractivity contribution in [2.24, 2.45) is 16.5 Å². The molecule has 1 aliphatic heterocycles. The Morgan fingerprint density at radius 1 is 1.14 bits per heavy atom. The number of fused-ring (bicyclic) bond motifs is 3. The Hall–Kier alpha value is -4.06. The number of hydrogen-bond acceptors (Lipinski definition) is 5. The van der Waals surface area contributed by atoms with Gasteiger partial charge in [-0.25, -0.2) is 4.79 Å². The van der Waals surface area contributed by atoms with E-state index < -0.39 is 18.2 Å². The number of aliphatic imine (C=N–C) groups is 1. The van der Waals surface area contributed by atoms with Gasteiger partial charge in [-0.1, -0.05) is 48.5 Å². The summed E-state index contributed by atoms with van der Waals surface area (Å²) < 4.78 is 5.63. The number of nitriles is 1. The van der Waals surface area contributed by atoms with E-state index in [4.69, 9.17) is 16.2 Å². The average Bonchev–Trinajstić information content (AvgIpc) is 3.47. The molecule has 2 atom stereocenters. The molecule has 4 rings (SSSR count). The molecule has 9 nitrogen and oxygen atoms in total. The zero-order valence-electron chi connectivity index (χ0n) is 19.5. The first-order chi connectivity index (χ1) is 17.0. The summed E-state index contributed by atoms with van der Waals surface area (Å²) in [4.78, 5) is 31.5. The summed E-state index contributed by atoms with van der Waals surface area (Å²) in [5.74, 6) is -0.389. The Balaban J connectivity index is 1.42. The highest BCUT2D eigenvalue weighted by Crippen LogP contribution is 2.44. The number of nitrogens with one attached hydrogen (secondary N) is 1. The van der Waals surface area contributed by atoms with Crippen LogP contribution in [-0.4, -0.2) is 54.6 Å². The van der Waals surface area contributed by atoms with Crippen LogP contribution in [0.1, 0.15) is 42.7 Å². The van der Waals surface area contributed by atoms with E-state index in [2.05, 4.69) is 28.5 Å². The van der Waals surface area contributed by atoms with Gasteiger partial charge in [0.05, 0.1) is 6.07 Å². The van der Waals surface area contributed by atoms with Gasteiger partial charge in [-0.2, -0.15) is 5.26 Å². The highest BCUT2D eigenvalue weighted by Gasteiger charge is 2.34. The molecule has 0 saturated carbocycles. The van der Waals surface area contributed by atoms with Crippen molar-refractivity contribution >= 4 is 18.0 Å². The predicted octanol–water partition coefficient (Wildman–Crippen LogP) is 2.46. The Morgan fingerprint density at radius 2 is 1.80 bits per heavy atom. The van der Waals surface area contributed by atoms with E-state index in [1.54, 1.807) is 0 Å². The zero-order chi connectivity index (χ0) is 24.8. The molecule has 35 heavy (non-hydrogen) atoms. The van der Waals surface area contributed by atoms with Gasteiger partial charge in [0.2, 0.25) is 5.91 Å². The number of alkyl carbamates (subject to hydrolysis) is 1. The molecule has 1 saturated heterocycles. The normalized spacial score (nSPS) is 17.1. The summed E-state index contributed by atoms with van der Waals surface area (Å²) in [5.41, 5.74) is 15.3. The molecule has 0 bridgehead atoms. The van der Waals surface area contributed by atoms with Gasteiger partial charge in [0.25, 0.3) is 0 Å². The molecule has 2 amide bonds. The van der Waals surface area contributed by atoms with Crippen LogP contribution >= 0.6 is 0 Å². The Bertz CT molecular complexity index is 1110. The van der Waals surface area contributed by atoms with Crippen LogP contribution in [0.15, 0.2) is 53.5 Å². The third-order valence-corrected chi connectivity index (χ3v) is 6.56. The van der Waals surface area contributed by atoms with Gasteiger partial charge < -0.3 is 26.4 Å². The number of rotatable bonds is 8. The molecule has 0 unspecified atom stereocenters. The summed E-state index contributed by atoms with van der Waals surface area (Å²) in [7, 11) is 0. The molecule has 2 aliphatic rings. The minimum absolute atomic E-state index is 0.0264. The lowest BCUT2D eigenvalue weighted by molar-refractivity contribution is -0.133. The number of guanidine groups is 1. The zero-order valence-corrected chi connectivity index (χ0v) is 19.5. The molecule has 0 aromatic heterocycles. The molecule has 2 aromatic carbocycles. The van der Waals surface area contributed by atoms with Gasteiger partial charge in [-0.3, -0.25) is 9.79 Å². The molecule has 1 heterocycles. The summed E-state index contributed by atoms with van der Waals surface area (Å²) in [5, 5.41) is 12.1. The lowest BCUT2D eigenvalue weighted by Gasteiger charge is -2.26. The topological polar surface area (TPSA) is 147 Å². The lowest BCUT2D eigenvalue weighted by atomic mass is 9.98. The predicted molar refractivity (Wildman–Crippen MR) is 132 cm³/mol. The van der Waals surface area contributed by atoms with Crippen LogP contribution in [0.3, 0.4) is 0 Å². The van der Waals surface area contributed by atoms with Crippen LogP contribution in [0.5, 0.6) is 0 Å². The maximum atomic E-state index is 13.2. The Kier molecular flexibility index (Phi) is 7.51. The van der Waals surface area contributed by atoms with Crippen LogP contribution in [0.4, 0.5) is 4.79 Å². The summed E-state index contributed by atoms with van der Waals surface area (Å²) in [6, 6.07) is 17.1. The van der Waals surface area contributed by atoms with Crippen LogP contribution in [0, 0.1) is 11.3 Å². The van der Waals surface area contributed by atoms with Crippen LogP contribution in [0.2, 0.25) is 0 Å². The number of carbonyl (C=O) groups is 2. The maximum absolute atomic E-state index is 13.2. The largest absolute Gasteiger partial charge is 0.449 e. The monoisotopic (exact) mass is 474 g/mol. The molecule has 9 heteroatoms. The quantitative estimate of drug-likeness (QED) is 0.304. The number of benzene rings is 2. The van der Waals surface area contributed by atoms with Crippen molar-refractivity contribution in [3.05, 3.63) is 59.7 Å². The molecular weight excluding hydrogens is 444 g/mol. The number of ether oxygens (including phenoxy) is 1. The van der Waals surface area contributed by atoms with Crippen LogP contribution < -0.4 is 16.8 Å². The number of likely N-dealkylation sites (tertiary alicyclic amines) is 1. The van der Waals surface area contributed by atoms with E-state index >= 15 is 0 Å². The molecule has 5 N–H and O–H groups in total. The smallest absolute Gasteiger partial charge is 0.407 e. The third-order valence-electron chi connectivity index (χ3n) is 6.56. The number of amides is 2. The molecule has 1 aliphatic carbocycles.